The summed E-state index contributed by atoms with van der Waals surface area (Å²) in [6.07, 6.45) is 1.15. The van der Waals surface area contributed by atoms with Crippen molar-refractivity contribution in [2.45, 2.75) is 38.7 Å². The lowest BCUT2D eigenvalue weighted by molar-refractivity contribution is -0.114. The van der Waals surface area contributed by atoms with Gasteiger partial charge in [0, 0.05) is 18.9 Å². The Morgan fingerprint density at radius 1 is 1.21 bits per heavy atom. The minimum Gasteiger partial charge on any atom is -0.339 e. The van der Waals surface area contributed by atoms with Gasteiger partial charge >= 0.3 is 0 Å². The Balaban J connectivity index is 1.40. The smallest absolute Gasteiger partial charge is 0.282 e. The Hall–Kier alpha value is -4.99. The summed E-state index contributed by atoms with van der Waals surface area (Å²) >= 11 is 6.07. The summed E-state index contributed by atoms with van der Waals surface area (Å²) in [4.78, 5) is 44.6. The number of hydrogen-bond acceptors (Lipinski definition) is 9. The third-order valence-electron chi connectivity index (χ3n) is 6.71. The number of aromatic nitrogens is 10. The summed E-state index contributed by atoms with van der Waals surface area (Å²) < 4.78 is 45.7. The number of nitrogens with zero attached hydrogens (tertiary/aromatic N) is 9. The Bertz CT molecular complexity index is 1890. The zero-order valence-electron chi connectivity index (χ0n) is 21.8. The number of benzene rings is 1. The molecule has 4 aromatic heterocycles. The maximum atomic E-state index is 15.3. The van der Waals surface area contributed by atoms with Crippen molar-refractivity contribution < 1.29 is 18.0 Å². The summed E-state index contributed by atoms with van der Waals surface area (Å²) in [5.41, 5.74) is -0.923. The standard InChI is InChI=1S/C25H19ClF3N11O2/c1-10-5-16(24-31-7-14(34-24)21-22(23(28)29)36-17(8-30-21)33-11(2)41)40-18(42)6-13(35-25(10)40)19-15(39-9-32-37-38-39)4-3-12(26)20(19)27/h3-4,6-10,16,23H,5H2,1-2H3,(H,31,34)(H,33,36,41)/t10-,16?/m0/s1. The van der Waals surface area contributed by atoms with E-state index < -0.39 is 35.4 Å². The van der Waals surface area contributed by atoms with Gasteiger partial charge in [-0.25, -0.2) is 33.1 Å². The minimum absolute atomic E-state index is 0.0421. The molecular weight excluding hydrogens is 579 g/mol. The zero-order valence-corrected chi connectivity index (χ0v) is 22.5. The molecule has 1 amide bonds. The van der Waals surface area contributed by atoms with Gasteiger partial charge < -0.3 is 10.3 Å². The van der Waals surface area contributed by atoms with Crippen LogP contribution in [-0.4, -0.2) is 55.6 Å². The molecule has 0 aliphatic carbocycles. The molecule has 0 saturated heterocycles. The molecular formula is C25H19ClF3N11O2. The molecule has 5 heterocycles. The number of carbonyl (C=O) groups is 1. The SMILES string of the molecule is CC(=O)Nc1cnc(-c2cnc(C3C[C@H](C)c4nc(-c5c(-n6cnnn6)ccc(Cl)c5F)cc(=O)n43)[nH]2)c(C(F)F)n1. The van der Waals surface area contributed by atoms with Crippen LogP contribution < -0.4 is 10.9 Å². The Morgan fingerprint density at radius 3 is 2.74 bits per heavy atom. The average molecular weight is 598 g/mol. The maximum Gasteiger partial charge on any atom is 0.282 e. The van der Waals surface area contributed by atoms with E-state index in [1.165, 1.54) is 46.9 Å². The van der Waals surface area contributed by atoms with Crippen molar-refractivity contribution in [1.29, 1.82) is 0 Å². The molecule has 1 unspecified atom stereocenters. The molecule has 17 heteroatoms. The number of anilines is 1. The van der Waals surface area contributed by atoms with Crippen molar-refractivity contribution in [3.05, 3.63) is 75.5 Å². The van der Waals surface area contributed by atoms with Crippen LogP contribution in [0.25, 0.3) is 28.3 Å². The van der Waals surface area contributed by atoms with E-state index in [0.29, 0.717) is 18.1 Å². The molecule has 0 radical (unpaired) electrons. The van der Waals surface area contributed by atoms with E-state index in [1.807, 2.05) is 6.92 Å². The van der Waals surface area contributed by atoms with Crippen LogP contribution in [0, 0.1) is 5.82 Å². The predicted molar refractivity (Wildman–Crippen MR) is 142 cm³/mol. The highest BCUT2D eigenvalue weighted by Gasteiger charge is 2.35. The van der Waals surface area contributed by atoms with Gasteiger partial charge in [-0.1, -0.05) is 18.5 Å². The molecule has 0 saturated carbocycles. The summed E-state index contributed by atoms with van der Waals surface area (Å²) in [6, 6.07) is 3.42. The first-order valence-electron chi connectivity index (χ1n) is 12.5. The van der Waals surface area contributed by atoms with Gasteiger partial charge in [0.05, 0.1) is 46.1 Å². The first kappa shape index (κ1) is 27.2. The number of aromatic amines is 1. The van der Waals surface area contributed by atoms with Gasteiger partial charge in [0.15, 0.2) is 11.6 Å². The number of nitrogens with one attached hydrogen (secondary N) is 2. The Kier molecular flexibility index (Phi) is 6.76. The van der Waals surface area contributed by atoms with Crippen molar-refractivity contribution in [3.63, 3.8) is 0 Å². The second kappa shape index (κ2) is 10.4. The molecule has 0 bridgehead atoms. The Morgan fingerprint density at radius 2 is 2.02 bits per heavy atom. The second-order valence-corrected chi connectivity index (χ2v) is 9.93. The van der Waals surface area contributed by atoms with Crippen LogP contribution in [0.3, 0.4) is 0 Å². The van der Waals surface area contributed by atoms with Gasteiger partial charge in [-0.15, -0.1) is 5.10 Å². The van der Waals surface area contributed by atoms with Crippen molar-refractivity contribution in [1.82, 2.24) is 49.7 Å². The predicted octanol–water partition coefficient (Wildman–Crippen LogP) is 3.85. The number of carbonyl (C=O) groups excluding carboxylic acids is 1. The lowest BCUT2D eigenvalue weighted by atomic mass is 10.1. The first-order valence-corrected chi connectivity index (χ1v) is 12.8. The van der Waals surface area contributed by atoms with Crippen LogP contribution in [0.4, 0.5) is 19.0 Å². The number of rotatable bonds is 6. The van der Waals surface area contributed by atoms with Gasteiger partial charge in [-0.05, 0) is 29.0 Å². The third kappa shape index (κ3) is 4.68. The average Bonchev–Trinajstić information content (AvgIpc) is 3.71. The van der Waals surface area contributed by atoms with E-state index >= 15 is 4.39 Å². The molecule has 13 nitrogen and oxygen atoms in total. The largest absolute Gasteiger partial charge is 0.339 e. The number of fused-ring (bicyclic) bond motifs is 1. The topological polar surface area (TPSA) is 162 Å². The number of alkyl halides is 2. The normalized spacial score (nSPS) is 16.2. The van der Waals surface area contributed by atoms with Gasteiger partial charge in [0.2, 0.25) is 5.91 Å². The summed E-state index contributed by atoms with van der Waals surface area (Å²) in [6.45, 7) is 3.07. The van der Waals surface area contributed by atoms with Crippen molar-refractivity contribution >= 4 is 23.3 Å². The fourth-order valence-electron chi connectivity index (χ4n) is 4.95. The van der Waals surface area contributed by atoms with E-state index in [1.54, 1.807) is 0 Å². The van der Waals surface area contributed by atoms with E-state index in [4.69, 9.17) is 11.6 Å². The van der Waals surface area contributed by atoms with Gasteiger partial charge in [-0.3, -0.25) is 14.2 Å². The molecule has 1 aliphatic heterocycles. The lowest BCUT2D eigenvalue weighted by Crippen LogP contribution is -2.25. The van der Waals surface area contributed by atoms with E-state index in [2.05, 4.69) is 45.8 Å². The number of tetrazole rings is 1. The molecule has 1 aliphatic rings. The van der Waals surface area contributed by atoms with Gasteiger partial charge in [-0.2, -0.15) is 4.68 Å². The van der Waals surface area contributed by atoms with E-state index in [-0.39, 0.29) is 45.1 Å². The van der Waals surface area contributed by atoms with Crippen molar-refractivity contribution in [3.8, 4) is 28.3 Å². The number of amides is 1. The fourth-order valence-corrected chi connectivity index (χ4v) is 5.11. The van der Waals surface area contributed by atoms with Crippen LogP contribution in [0.15, 0.2) is 41.7 Å². The van der Waals surface area contributed by atoms with Crippen LogP contribution in [0.5, 0.6) is 0 Å². The van der Waals surface area contributed by atoms with E-state index in [0.717, 1.165) is 6.20 Å². The molecule has 5 aromatic rings. The zero-order chi connectivity index (χ0) is 29.7. The molecule has 0 spiro atoms. The van der Waals surface area contributed by atoms with Crippen LogP contribution in [-0.2, 0) is 4.79 Å². The van der Waals surface area contributed by atoms with E-state index in [9.17, 15) is 18.4 Å². The van der Waals surface area contributed by atoms with Crippen LogP contribution in [0.1, 0.15) is 56.0 Å². The molecule has 2 atom stereocenters. The van der Waals surface area contributed by atoms with Gasteiger partial charge in [0.25, 0.3) is 12.0 Å². The summed E-state index contributed by atoms with van der Waals surface area (Å²) in [5.74, 6) is -0.975. The number of hydrogen-bond donors (Lipinski definition) is 2. The van der Waals surface area contributed by atoms with Gasteiger partial charge in [0.1, 0.15) is 29.4 Å². The molecule has 0 fully saturated rings. The Labute approximate surface area is 238 Å². The molecule has 2 N–H and O–H groups in total. The fraction of sp³-hybridized carbons (Fsp3) is 0.240. The summed E-state index contributed by atoms with van der Waals surface area (Å²) in [7, 11) is 0. The summed E-state index contributed by atoms with van der Waals surface area (Å²) in [5, 5.41) is 13.1. The number of imidazole rings is 1. The molecule has 1 aromatic carbocycles. The van der Waals surface area contributed by atoms with Crippen molar-refractivity contribution in [2.24, 2.45) is 0 Å². The lowest BCUT2D eigenvalue weighted by Gasteiger charge is -2.15. The van der Waals surface area contributed by atoms with Crippen LogP contribution in [0.2, 0.25) is 5.02 Å². The maximum absolute atomic E-state index is 15.3. The van der Waals surface area contributed by atoms with Crippen LogP contribution >= 0.6 is 11.6 Å². The third-order valence-corrected chi connectivity index (χ3v) is 7.00. The highest BCUT2D eigenvalue weighted by Crippen LogP contribution is 2.39. The molecule has 42 heavy (non-hydrogen) atoms. The highest BCUT2D eigenvalue weighted by atomic mass is 35.5. The highest BCUT2D eigenvalue weighted by molar-refractivity contribution is 6.31. The monoisotopic (exact) mass is 597 g/mol. The number of halogens is 4. The first-order chi connectivity index (χ1) is 20.1. The molecule has 214 valence electrons. The minimum atomic E-state index is -2.99. The quantitative estimate of drug-likeness (QED) is 0.296. The second-order valence-electron chi connectivity index (χ2n) is 9.52. The molecule has 6 rings (SSSR count). The van der Waals surface area contributed by atoms with Crippen molar-refractivity contribution in [2.75, 3.05) is 5.32 Å². The number of H-pyrrole nitrogens is 1.